The van der Waals surface area contributed by atoms with E-state index in [1.54, 1.807) is 25.4 Å². The first-order valence-electron chi connectivity index (χ1n) is 11.1. The summed E-state index contributed by atoms with van der Waals surface area (Å²) in [6.45, 7) is 3.30. The average Bonchev–Trinajstić information content (AvgIpc) is 3.27. The van der Waals surface area contributed by atoms with E-state index in [0.717, 1.165) is 41.0 Å². The van der Waals surface area contributed by atoms with Crippen LogP contribution in [0.25, 0.3) is 11.1 Å². The maximum Gasteiger partial charge on any atom is 0.158 e. The molecular weight excluding hydrogens is 519 g/mol. The molecule has 3 aromatic rings. The van der Waals surface area contributed by atoms with Crippen LogP contribution < -0.4 is 4.74 Å². The molecule has 1 atom stereocenters. The molecule has 2 aromatic carbocycles. The molecule has 1 fully saturated rings. The lowest BCUT2D eigenvalue weighted by atomic mass is 10.1. The van der Waals surface area contributed by atoms with E-state index < -0.39 is 5.82 Å². The first-order valence-corrected chi connectivity index (χ1v) is 12.3. The number of methoxy groups -OCH3 is 1. The number of likely N-dealkylation sites (tertiary alicyclic amines) is 1. The number of nitrogens with zero attached hydrogens (tertiary/aromatic N) is 2. The highest BCUT2D eigenvalue weighted by Gasteiger charge is 2.23. The van der Waals surface area contributed by atoms with Gasteiger partial charge in [-0.15, -0.1) is 0 Å². The van der Waals surface area contributed by atoms with Crippen LogP contribution in [-0.4, -0.2) is 49.3 Å². The summed E-state index contributed by atoms with van der Waals surface area (Å²) in [7, 11) is 1.75. The lowest BCUT2D eigenvalue weighted by molar-refractivity contribution is 0.105. The highest BCUT2D eigenvalue weighted by atomic mass is 79.9. The fraction of sp³-hybridized carbons (Fsp3) is 0.296. The van der Waals surface area contributed by atoms with Crippen LogP contribution >= 0.6 is 27.5 Å². The SMILES string of the molecule is COCC1CCCN1CCOc1ccc(C#Cc2ncc(-c3ccc(Cl)cc3)cc2F)cc1Br. The Hall–Kier alpha value is -2.43. The summed E-state index contributed by atoms with van der Waals surface area (Å²) in [5.74, 6) is 6.09. The van der Waals surface area contributed by atoms with Gasteiger partial charge in [-0.2, -0.15) is 0 Å². The van der Waals surface area contributed by atoms with Gasteiger partial charge in [0.15, 0.2) is 5.82 Å². The Bertz CT molecular complexity index is 1190. The molecule has 7 heteroatoms. The third kappa shape index (κ3) is 6.37. The number of hydrogen-bond acceptors (Lipinski definition) is 4. The van der Waals surface area contributed by atoms with Gasteiger partial charge in [-0.1, -0.05) is 29.7 Å². The maximum absolute atomic E-state index is 14.6. The van der Waals surface area contributed by atoms with Crippen molar-refractivity contribution in [2.45, 2.75) is 18.9 Å². The zero-order valence-corrected chi connectivity index (χ0v) is 21.2. The lowest BCUT2D eigenvalue weighted by Crippen LogP contribution is -2.35. The molecule has 176 valence electrons. The molecular formula is C27H25BrClFN2O2. The van der Waals surface area contributed by atoms with E-state index in [9.17, 15) is 4.39 Å². The fourth-order valence-corrected chi connectivity index (χ4v) is 4.62. The Morgan fingerprint density at radius 2 is 1.97 bits per heavy atom. The predicted octanol–water partition coefficient (Wildman–Crippen LogP) is 6.19. The highest BCUT2D eigenvalue weighted by Crippen LogP contribution is 2.26. The number of halogens is 3. The van der Waals surface area contributed by atoms with Crippen molar-refractivity contribution in [3.8, 4) is 28.7 Å². The van der Waals surface area contributed by atoms with Crippen LogP contribution in [0.15, 0.2) is 59.2 Å². The molecule has 0 N–H and O–H groups in total. The Balaban J connectivity index is 1.37. The van der Waals surface area contributed by atoms with Crippen molar-refractivity contribution in [2.24, 2.45) is 0 Å². The van der Waals surface area contributed by atoms with Crippen LogP contribution in [0.2, 0.25) is 5.02 Å². The third-order valence-corrected chi connectivity index (χ3v) is 6.64. The Labute approximate surface area is 213 Å². The molecule has 0 spiro atoms. The standard InChI is InChI=1S/C27H25BrClFN2O2/c1-33-18-23-3-2-12-32(23)13-14-34-27-11-5-19(15-24(27)28)4-10-26-25(30)16-21(17-31-26)20-6-8-22(29)9-7-20/h5-9,11,15-17,23H,2-3,12-14,18H2,1H3. The predicted molar refractivity (Wildman–Crippen MR) is 137 cm³/mol. The Kier molecular flexibility index (Phi) is 8.58. The zero-order chi connectivity index (χ0) is 23.9. The molecule has 0 bridgehead atoms. The van der Waals surface area contributed by atoms with Gasteiger partial charge >= 0.3 is 0 Å². The normalized spacial score (nSPS) is 15.7. The Morgan fingerprint density at radius 3 is 2.71 bits per heavy atom. The molecule has 1 aromatic heterocycles. The molecule has 1 aliphatic rings. The molecule has 34 heavy (non-hydrogen) atoms. The van der Waals surface area contributed by atoms with E-state index >= 15 is 0 Å². The largest absolute Gasteiger partial charge is 0.491 e. The number of aromatic nitrogens is 1. The van der Waals surface area contributed by atoms with Crippen LogP contribution in [-0.2, 0) is 4.74 Å². The van der Waals surface area contributed by atoms with Gasteiger partial charge < -0.3 is 9.47 Å². The van der Waals surface area contributed by atoms with Gasteiger partial charge in [-0.25, -0.2) is 9.37 Å². The first kappa shape index (κ1) is 24.7. The van der Waals surface area contributed by atoms with E-state index in [2.05, 4.69) is 37.7 Å². The first-order chi connectivity index (χ1) is 16.5. The van der Waals surface area contributed by atoms with Crippen LogP contribution in [0.4, 0.5) is 4.39 Å². The van der Waals surface area contributed by atoms with Gasteiger partial charge in [0.2, 0.25) is 0 Å². The van der Waals surface area contributed by atoms with E-state index in [4.69, 9.17) is 21.1 Å². The minimum absolute atomic E-state index is 0.102. The molecule has 0 amide bonds. The van der Waals surface area contributed by atoms with Crippen molar-refractivity contribution < 1.29 is 13.9 Å². The molecule has 4 rings (SSSR count). The van der Waals surface area contributed by atoms with Crippen LogP contribution in [0.3, 0.4) is 0 Å². The molecule has 0 radical (unpaired) electrons. The van der Waals surface area contributed by atoms with E-state index in [0.29, 0.717) is 23.2 Å². The van der Waals surface area contributed by atoms with Crippen molar-refractivity contribution in [3.05, 3.63) is 81.3 Å². The zero-order valence-electron chi connectivity index (χ0n) is 18.9. The summed E-state index contributed by atoms with van der Waals surface area (Å²) >= 11 is 9.47. The fourth-order valence-electron chi connectivity index (χ4n) is 4.00. The van der Waals surface area contributed by atoms with E-state index in [1.165, 1.54) is 18.9 Å². The summed E-state index contributed by atoms with van der Waals surface area (Å²) in [5, 5.41) is 0.629. The quantitative estimate of drug-likeness (QED) is 0.333. The molecule has 4 nitrogen and oxygen atoms in total. The molecule has 2 heterocycles. The summed E-state index contributed by atoms with van der Waals surface area (Å²) < 4.78 is 26.7. The van der Waals surface area contributed by atoms with E-state index in [1.807, 2.05) is 30.3 Å². The minimum Gasteiger partial charge on any atom is -0.491 e. The van der Waals surface area contributed by atoms with Crippen molar-refractivity contribution in [2.75, 3.05) is 33.4 Å². The van der Waals surface area contributed by atoms with Crippen molar-refractivity contribution in [3.63, 3.8) is 0 Å². The van der Waals surface area contributed by atoms with Crippen LogP contribution in [0, 0.1) is 17.7 Å². The van der Waals surface area contributed by atoms with Gasteiger partial charge in [-0.3, -0.25) is 4.90 Å². The van der Waals surface area contributed by atoms with Gasteiger partial charge in [0, 0.05) is 42.0 Å². The van der Waals surface area contributed by atoms with Gasteiger partial charge in [0.05, 0.1) is 11.1 Å². The van der Waals surface area contributed by atoms with E-state index in [-0.39, 0.29) is 5.69 Å². The van der Waals surface area contributed by atoms with Crippen LogP contribution in [0.5, 0.6) is 5.75 Å². The van der Waals surface area contributed by atoms with Crippen molar-refractivity contribution >= 4 is 27.5 Å². The van der Waals surface area contributed by atoms with Crippen LogP contribution in [0.1, 0.15) is 24.1 Å². The lowest BCUT2D eigenvalue weighted by Gasteiger charge is -2.23. The summed E-state index contributed by atoms with van der Waals surface area (Å²) in [4.78, 5) is 6.61. The molecule has 0 saturated carbocycles. The molecule has 0 aliphatic carbocycles. The monoisotopic (exact) mass is 542 g/mol. The van der Waals surface area contributed by atoms with Gasteiger partial charge in [-0.05, 0) is 83.2 Å². The molecule has 1 unspecified atom stereocenters. The maximum atomic E-state index is 14.6. The second-order valence-corrected chi connectivity index (χ2v) is 9.38. The molecule has 1 saturated heterocycles. The third-order valence-electron chi connectivity index (χ3n) is 5.77. The summed E-state index contributed by atoms with van der Waals surface area (Å²) in [6, 6.07) is 14.7. The number of hydrogen-bond donors (Lipinski definition) is 0. The minimum atomic E-state index is -0.465. The molecule has 1 aliphatic heterocycles. The second-order valence-electron chi connectivity index (χ2n) is 8.09. The number of pyridine rings is 1. The topological polar surface area (TPSA) is 34.6 Å². The van der Waals surface area contributed by atoms with Gasteiger partial charge in [0.1, 0.15) is 18.1 Å². The second kappa shape index (κ2) is 11.8. The van der Waals surface area contributed by atoms with Crippen molar-refractivity contribution in [1.82, 2.24) is 9.88 Å². The number of rotatable bonds is 7. The number of benzene rings is 2. The smallest absolute Gasteiger partial charge is 0.158 e. The highest BCUT2D eigenvalue weighted by molar-refractivity contribution is 9.10. The average molecular weight is 544 g/mol. The Morgan fingerprint density at radius 1 is 1.15 bits per heavy atom. The van der Waals surface area contributed by atoms with Gasteiger partial charge in [0.25, 0.3) is 0 Å². The summed E-state index contributed by atoms with van der Waals surface area (Å²) in [5.41, 5.74) is 2.35. The van der Waals surface area contributed by atoms with Crippen molar-refractivity contribution in [1.29, 1.82) is 0 Å². The summed E-state index contributed by atoms with van der Waals surface area (Å²) in [6.07, 6.45) is 3.98. The number of ether oxygens (including phenoxy) is 2.